The molecule has 0 amide bonds. The Morgan fingerprint density at radius 3 is 2.50 bits per heavy atom. The molecule has 0 aliphatic rings. The van der Waals surface area contributed by atoms with Crippen LogP contribution in [0.25, 0.3) is 6.08 Å². The summed E-state index contributed by atoms with van der Waals surface area (Å²) in [6.45, 7) is 2.04. The van der Waals surface area contributed by atoms with Crippen molar-refractivity contribution in [1.29, 1.82) is 0 Å². The maximum Gasteiger partial charge on any atom is 0.0661 e. The minimum atomic E-state index is 1.10. The van der Waals surface area contributed by atoms with Crippen molar-refractivity contribution in [2.45, 2.75) is 6.92 Å². The molecule has 1 N–H and O–H groups in total. The van der Waals surface area contributed by atoms with E-state index in [9.17, 15) is 0 Å². The summed E-state index contributed by atoms with van der Waals surface area (Å²) in [4.78, 5) is 0. The van der Waals surface area contributed by atoms with Crippen LogP contribution in [0.4, 0.5) is 0 Å². The first-order valence-corrected chi connectivity index (χ1v) is 3.73. The van der Waals surface area contributed by atoms with E-state index in [1.54, 1.807) is 6.08 Å². The molecule has 0 radical (unpaired) electrons. The molecule has 2 heteroatoms. The number of nitrogens with zero attached hydrogens (tertiary/aromatic N) is 1. The Hall–Kier alpha value is -1.57. The lowest BCUT2D eigenvalue weighted by Crippen LogP contribution is -1.73. The van der Waals surface area contributed by atoms with Gasteiger partial charge in [0.05, 0.1) is 6.21 Å². The summed E-state index contributed by atoms with van der Waals surface area (Å²) >= 11 is 0. The number of aryl methyl sites for hydroxylation is 1. The predicted molar refractivity (Wildman–Crippen MR) is 50.5 cm³/mol. The van der Waals surface area contributed by atoms with Crippen LogP contribution in [0, 0.1) is 6.92 Å². The minimum Gasteiger partial charge on any atom is -0.411 e. The molecule has 0 fully saturated rings. The fourth-order valence-electron chi connectivity index (χ4n) is 0.870. The molecular formula is C10H11NO. The molecule has 62 valence electrons. The second-order valence-corrected chi connectivity index (χ2v) is 2.53. The van der Waals surface area contributed by atoms with Crippen molar-refractivity contribution in [1.82, 2.24) is 0 Å². The van der Waals surface area contributed by atoms with Crippen LogP contribution in [0.2, 0.25) is 0 Å². The smallest absolute Gasteiger partial charge is 0.0661 e. The summed E-state index contributed by atoms with van der Waals surface area (Å²) in [7, 11) is 0. The zero-order chi connectivity index (χ0) is 8.81. The van der Waals surface area contributed by atoms with Crippen LogP contribution in [0.3, 0.4) is 0 Å². The van der Waals surface area contributed by atoms with Gasteiger partial charge in [-0.3, -0.25) is 0 Å². The van der Waals surface area contributed by atoms with Gasteiger partial charge in [0.25, 0.3) is 0 Å². The quantitative estimate of drug-likeness (QED) is 0.403. The van der Waals surface area contributed by atoms with Crippen LogP contribution < -0.4 is 0 Å². The van der Waals surface area contributed by atoms with Gasteiger partial charge in [0.2, 0.25) is 0 Å². The zero-order valence-corrected chi connectivity index (χ0v) is 6.94. The molecule has 0 spiro atoms. The van der Waals surface area contributed by atoms with Gasteiger partial charge < -0.3 is 5.21 Å². The van der Waals surface area contributed by atoms with E-state index in [1.807, 2.05) is 37.3 Å². The molecule has 2 nitrogen and oxygen atoms in total. The third kappa shape index (κ3) is 2.58. The summed E-state index contributed by atoms with van der Waals surface area (Å²) < 4.78 is 0. The highest BCUT2D eigenvalue weighted by atomic mass is 16.4. The lowest BCUT2D eigenvalue weighted by molar-refractivity contribution is 0.322. The van der Waals surface area contributed by atoms with Gasteiger partial charge in [-0.25, -0.2) is 0 Å². The third-order valence-electron chi connectivity index (χ3n) is 1.52. The van der Waals surface area contributed by atoms with Crippen LogP contribution in [0.15, 0.2) is 35.5 Å². The monoisotopic (exact) mass is 161 g/mol. The van der Waals surface area contributed by atoms with E-state index < -0.39 is 0 Å². The van der Waals surface area contributed by atoms with Gasteiger partial charge in [-0.2, -0.15) is 0 Å². The molecular weight excluding hydrogens is 150 g/mol. The van der Waals surface area contributed by atoms with Gasteiger partial charge in [0, 0.05) is 0 Å². The maximum absolute atomic E-state index is 8.11. The highest BCUT2D eigenvalue weighted by molar-refractivity contribution is 5.77. The van der Waals surface area contributed by atoms with Gasteiger partial charge in [0.15, 0.2) is 0 Å². The Balaban J connectivity index is 2.70. The summed E-state index contributed by atoms with van der Waals surface area (Å²) in [5.41, 5.74) is 2.34. The molecule has 0 aliphatic carbocycles. The average Bonchev–Trinajstić information content (AvgIpc) is 2.09. The molecule has 0 atom stereocenters. The molecule has 0 aliphatic heterocycles. The highest BCUT2D eigenvalue weighted by Gasteiger charge is 1.84. The van der Waals surface area contributed by atoms with Gasteiger partial charge >= 0.3 is 0 Å². The fourth-order valence-corrected chi connectivity index (χ4v) is 0.870. The van der Waals surface area contributed by atoms with E-state index in [0.717, 1.165) is 5.56 Å². The first kappa shape index (κ1) is 8.53. The van der Waals surface area contributed by atoms with E-state index >= 15 is 0 Å². The SMILES string of the molecule is Cc1ccc(/C=C/C=N/O)cc1. The summed E-state index contributed by atoms with van der Waals surface area (Å²) in [6, 6.07) is 8.10. The van der Waals surface area contributed by atoms with Gasteiger partial charge in [0.1, 0.15) is 0 Å². The second-order valence-electron chi connectivity index (χ2n) is 2.53. The van der Waals surface area contributed by atoms with Crippen molar-refractivity contribution in [3.8, 4) is 0 Å². The Bertz CT molecular complexity index is 285. The number of hydrogen-bond acceptors (Lipinski definition) is 2. The summed E-state index contributed by atoms with van der Waals surface area (Å²) in [6.07, 6.45) is 4.89. The third-order valence-corrected chi connectivity index (χ3v) is 1.52. The zero-order valence-electron chi connectivity index (χ0n) is 6.94. The van der Waals surface area contributed by atoms with Crippen molar-refractivity contribution >= 4 is 12.3 Å². The molecule has 12 heavy (non-hydrogen) atoms. The molecule has 1 aromatic rings. The van der Waals surface area contributed by atoms with Crippen molar-refractivity contribution in [3.63, 3.8) is 0 Å². The molecule has 0 aromatic heterocycles. The predicted octanol–water partition coefficient (Wildman–Crippen LogP) is 2.47. The molecule has 0 bridgehead atoms. The minimum absolute atomic E-state index is 1.10. The van der Waals surface area contributed by atoms with Crippen molar-refractivity contribution in [2.24, 2.45) is 5.16 Å². The lowest BCUT2D eigenvalue weighted by Gasteiger charge is -1.92. The molecule has 0 heterocycles. The van der Waals surface area contributed by atoms with E-state index in [1.165, 1.54) is 11.8 Å². The van der Waals surface area contributed by atoms with Crippen molar-refractivity contribution in [2.75, 3.05) is 0 Å². The van der Waals surface area contributed by atoms with Crippen LogP contribution >= 0.6 is 0 Å². The van der Waals surface area contributed by atoms with Crippen LogP contribution in [-0.4, -0.2) is 11.4 Å². The Morgan fingerprint density at radius 1 is 1.25 bits per heavy atom. The number of hydrogen-bond donors (Lipinski definition) is 1. The van der Waals surface area contributed by atoms with Gasteiger partial charge in [-0.15, -0.1) is 0 Å². The van der Waals surface area contributed by atoms with E-state index in [2.05, 4.69) is 5.16 Å². The van der Waals surface area contributed by atoms with E-state index in [-0.39, 0.29) is 0 Å². The van der Waals surface area contributed by atoms with Crippen molar-refractivity contribution in [3.05, 3.63) is 41.5 Å². The van der Waals surface area contributed by atoms with Gasteiger partial charge in [-0.05, 0) is 18.6 Å². The second kappa shape index (κ2) is 4.34. The topological polar surface area (TPSA) is 32.6 Å². The normalized spacial score (nSPS) is 11.4. The Kier molecular flexibility index (Phi) is 3.08. The number of benzene rings is 1. The standard InChI is InChI=1S/C10H11NO/c1-9-4-6-10(7-5-9)3-2-8-11-12/h2-8,12H,1H3/b3-2+,11-8+. The van der Waals surface area contributed by atoms with E-state index in [0.29, 0.717) is 0 Å². The summed E-state index contributed by atoms with van der Waals surface area (Å²) in [5.74, 6) is 0. The summed E-state index contributed by atoms with van der Waals surface area (Å²) in [5, 5.41) is 11.0. The van der Waals surface area contributed by atoms with Crippen molar-refractivity contribution < 1.29 is 5.21 Å². The first-order chi connectivity index (χ1) is 5.83. The molecule has 1 aromatic carbocycles. The molecule has 0 saturated heterocycles. The number of allylic oxidation sites excluding steroid dienone is 1. The lowest BCUT2D eigenvalue weighted by atomic mass is 10.1. The van der Waals surface area contributed by atoms with Crippen LogP contribution in [-0.2, 0) is 0 Å². The molecule has 0 unspecified atom stereocenters. The highest BCUT2D eigenvalue weighted by Crippen LogP contribution is 2.03. The Morgan fingerprint density at radius 2 is 1.92 bits per heavy atom. The van der Waals surface area contributed by atoms with Crippen LogP contribution in [0.5, 0.6) is 0 Å². The van der Waals surface area contributed by atoms with Gasteiger partial charge in [-0.1, -0.05) is 41.1 Å². The number of oxime groups is 1. The first-order valence-electron chi connectivity index (χ1n) is 3.73. The molecule has 0 saturated carbocycles. The number of rotatable bonds is 2. The van der Waals surface area contributed by atoms with E-state index in [4.69, 9.17) is 5.21 Å². The molecule has 1 rings (SSSR count). The average molecular weight is 161 g/mol. The van der Waals surface area contributed by atoms with Crippen LogP contribution in [0.1, 0.15) is 11.1 Å². The Labute approximate surface area is 71.8 Å². The fraction of sp³-hybridized carbons (Fsp3) is 0.100. The largest absolute Gasteiger partial charge is 0.411 e. The maximum atomic E-state index is 8.11.